The van der Waals surface area contributed by atoms with Crippen LogP contribution in [0.3, 0.4) is 0 Å². The van der Waals surface area contributed by atoms with Gasteiger partial charge in [-0.15, -0.1) is 0 Å². The fraction of sp³-hybridized carbons (Fsp3) is 0.480. The zero-order valence-corrected chi connectivity index (χ0v) is 18.1. The number of fused-ring (bicyclic) bond motifs is 1. The maximum absolute atomic E-state index is 12.6. The average Bonchev–Trinajstić information content (AvgIpc) is 3.64. The van der Waals surface area contributed by atoms with Crippen LogP contribution in [0.15, 0.2) is 42.5 Å². The quantitative estimate of drug-likeness (QED) is 0.740. The molecule has 31 heavy (non-hydrogen) atoms. The Morgan fingerprint density at radius 1 is 1.06 bits per heavy atom. The highest BCUT2D eigenvalue weighted by Gasteiger charge is 2.37. The van der Waals surface area contributed by atoms with Crippen molar-refractivity contribution in [2.45, 2.75) is 50.6 Å². The van der Waals surface area contributed by atoms with Crippen molar-refractivity contribution in [1.82, 2.24) is 4.98 Å². The van der Waals surface area contributed by atoms with Gasteiger partial charge in [-0.05, 0) is 68.7 Å². The zero-order chi connectivity index (χ0) is 21.4. The number of amides is 1. The number of carbonyl (C=O) groups is 1. The summed E-state index contributed by atoms with van der Waals surface area (Å²) in [7, 11) is 1.79. The van der Waals surface area contributed by atoms with Gasteiger partial charge in [0.15, 0.2) is 5.82 Å². The zero-order valence-electron chi connectivity index (χ0n) is 18.1. The Balaban J connectivity index is 1.34. The molecule has 5 rings (SSSR count). The Kier molecular flexibility index (Phi) is 5.27. The standard InChI is InChI=1S/C25H29N5O/c1-28-23-14-9-19(15-26)27-25(23)30(17-24(28)31)22-12-10-21(11-13-22)29(16-18-7-8-18)20-5-3-2-4-6-20/h2-6,9,14,18,21-22H,7-8,10-13,16-17H2,1H3/t21-,22+. The third-order valence-electron chi connectivity index (χ3n) is 7.07. The van der Waals surface area contributed by atoms with Gasteiger partial charge in [0.1, 0.15) is 11.8 Å². The van der Waals surface area contributed by atoms with Gasteiger partial charge in [0.25, 0.3) is 0 Å². The van der Waals surface area contributed by atoms with Crippen molar-refractivity contribution in [2.24, 2.45) is 5.92 Å². The Morgan fingerprint density at radius 3 is 2.48 bits per heavy atom. The number of hydrogen-bond acceptors (Lipinski definition) is 5. The highest BCUT2D eigenvalue weighted by Crippen LogP contribution is 2.39. The number of benzene rings is 1. The van der Waals surface area contributed by atoms with Gasteiger partial charge in [0.05, 0.1) is 12.2 Å². The molecule has 0 radical (unpaired) electrons. The van der Waals surface area contributed by atoms with E-state index < -0.39 is 0 Å². The van der Waals surface area contributed by atoms with Crippen LogP contribution in [-0.4, -0.2) is 43.1 Å². The van der Waals surface area contributed by atoms with Gasteiger partial charge in [-0.1, -0.05) is 18.2 Å². The molecular formula is C25H29N5O. The van der Waals surface area contributed by atoms with Crippen LogP contribution in [0, 0.1) is 17.2 Å². The number of nitrogens with zero attached hydrogens (tertiary/aromatic N) is 5. The maximum atomic E-state index is 12.6. The smallest absolute Gasteiger partial charge is 0.246 e. The highest BCUT2D eigenvalue weighted by molar-refractivity contribution is 6.02. The Hall–Kier alpha value is -3.07. The molecule has 2 aromatic rings. The molecule has 0 atom stereocenters. The first-order valence-corrected chi connectivity index (χ1v) is 11.4. The topological polar surface area (TPSA) is 63.5 Å². The molecule has 1 aromatic heterocycles. The monoisotopic (exact) mass is 415 g/mol. The molecule has 2 aliphatic carbocycles. The first kappa shape index (κ1) is 19.9. The van der Waals surface area contributed by atoms with E-state index >= 15 is 0 Å². The molecule has 6 nitrogen and oxygen atoms in total. The van der Waals surface area contributed by atoms with Crippen LogP contribution in [0.2, 0.25) is 0 Å². The molecule has 3 aliphatic rings. The second kappa shape index (κ2) is 8.22. The van der Waals surface area contributed by atoms with E-state index in [9.17, 15) is 10.1 Å². The van der Waals surface area contributed by atoms with Gasteiger partial charge in [0.2, 0.25) is 5.91 Å². The van der Waals surface area contributed by atoms with E-state index in [2.05, 4.69) is 51.2 Å². The molecular weight excluding hydrogens is 386 g/mol. The second-order valence-electron chi connectivity index (χ2n) is 9.13. The van der Waals surface area contributed by atoms with E-state index in [1.54, 1.807) is 18.0 Å². The lowest BCUT2D eigenvalue weighted by Crippen LogP contribution is -2.51. The summed E-state index contributed by atoms with van der Waals surface area (Å²) in [6, 6.07) is 17.3. The summed E-state index contributed by atoms with van der Waals surface area (Å²) in [5, 5.41) is 9.32. The van der Waals surface area contributed by atoms with Crippen LogP contribution in [0.25, 0.3) is 0 Å². The van der Waals surface area contributed by atoms with E-state index in [0.29, 0.717) is 18.3 Å². The van der Waals surface area contributed by atoms with Gasteiger partial charge >= 0.3 is 0 Å². The van der Waals surface area contributed by atoms with Gasteiger partial charge in [-0.25, -0.2) is 4.98 Å². The molecule has 0 saturated heterocycles. The number of rotatable bonds is 5. The largest absolute Gasteiger partial charge is 0.368 e. The highest BCUT2D eigenvalue weighted by atomic mass is 16.2. The van der Waals surface area contributed by atoms with E-state index in [4.69, 9.17) is 0 Å². The van der Waals surface area contributed by atoms with Crippen LogP contribution in [0.4, 0.5) is 17.2 Å². The molecule has 1 amide bonds. The van der Waals surface area contributed by atoms with Crippen molar-refractivity contribution in [3.63, 3.8) is 0 Å². The maximum Gasteiger partial charge on any atom is 0.246 e. The minimum atomic E-state index is 0.0841. The van der Waals surface area contributed by atoms with Crippen molar-refractivity contribution >= 4 is 23.1 Å². The Morgan fingerprint density at radius 2 is 1.81 bits per heavy atom. The van der Waals surface area contributed by atoms with Crippen LogP contribution in [0.5, 0.6) is 0 Å². The average molecular weight is 416 g/mol. The lowest BCUT2D eigenvalue weighted by atomic mass is 9.88. The van der Waals surface area contributed by atoms with Crippen LogP contribution in [0.1, 0.15) is 44.2 Å². The number of likely N-dealkylation sites (N-methyl/N-ethyl adjacent to an activating group) is 1. The fourth-order valence-electron chi connectivity index (χ4n) is 5.08. The van der Waals surface area contributed by atoms with Crippen molar-refractivity contribution in [2.75, 3.05) is 34.8 Å². The summed E-state index contributed by atoms with van der Waals surface area (Å²) in [6.45, 7) is 1.49. The van der Waals surface area contributed by atoms with E-state index in [-0.39, 0.29) is 11.9 Å². The van der Waals surface area contributed by atoms with E-state index in [1.165, 1.54) is 18.5 Å². The summed E-state index contributed by atoms with van der Waals surface area (Å²) >= 11 is 0. The predicted octanol–water partition coefficient (Wildman–Crippen LogP) is 3.96. The second-order valence-corrected chi connectivity index (χ2v) is 9.13. The normalized spacial score (nSPS) is 23.3. The molecule has 2 heterocycles. The number of aromatic nitrogens is 1. The number of pyridine rings is 1. The fourth-order valence-corrected chi connectivity index (χ4v) is 5.08. The van der Waals surface area contributed by atoms with E-state index in [0.717, 1.165) is 49.7 Å². The van der Waals surface area contributed by atoms with E-state index in [1.807, 2.05) is 6.07 Å². The number of anilines is 3. The van der Waals surface area contributed by atoms with Crippen LogP contribution < -0.4 is 14.7 Å². The van der Waals surface area contributed by atoms with Crippen LogP contribution in [-0.2, 0) is 4.79 Å². The SMILES string of the molecule is CN1C(=O)CN([C@H]2CC[C@@H](N(CC3CC3)c3ccccc3)CC2)c2nc(C#N)ccc21. The van der Waals surface area contributed by atoms with Crippen molar-refractivity contribution in [3.05, 3.63) is 48.2 Å². The molecule has 1 aliphatic heterocycles. The summed E-state index contributed by atoms with van der Waals surface area (Å²) in [6.07, 6.45) is 7.00. The minimum Gasteiger partial charge on any atom is -0.368 e. The van der Waals surface area contributed by atoms with Gasteiger partial charge in [-0.3, -0.25) is 4.79 Å². The molecule has 0 spiro atoms. The van der Waals surface area contributed by atoms with Gasteiger partial charge < -0.3 is 14.7 Å². The minimum absolute atomic E-state index is 0.0841. The van der Waals surface area contributed by atoms with Crippen molar-refractivity contribution < 1.29 is 4.79 Å². The number of para-hydroxylation sites is 1. The van der Waals surface area contributed by atoms with Gasteiger partial charge in [-0.2, -0.15) is 5.26 Å². The van der Waals surface area contributed by atoms with Crippen LogP contribution >= 0.6 is 0 Å². The molecule has 6 heteroatoms. The first-order chi connectivity index (χ1) is 15.1. The first-order valence-electron chi connectivity index (χ1n) is 11.4. The predicted molar refractivity (Wildman–Crippen MR) is 122 cm³/mol. The lowest BCUT2D eigenvalue weighted by Gasteiger charge is -2.44. The summed E-state index contributed by atoms with van der Waals surface area (Å²) in [5.41, 5.74) is 2.54. The summed E-state index contributed by atoms with van der Waals surface area (Å²) in [4.78, 5) is 23.7. The van der Waals surface area contributed by atoms with Crippen molar-refractivity contribution in [3.8, 4) is 6.07 Å². The molecule has 2 saturated carbocycles. The summed E-state index contributed by atoms with van der Waals surface area (Å²) < 4.78 is 0. The lowest BCUT2D eigenvalue weighted by molar-refractivity contribution is -0.117. The molecule has 0 bridgehead atoms. The molecule has 2 fully saturated rings. The molecule has 1 aromatic carbocycles. The summed E-state index contributed by atoms with van der Waals surface area (Å²) in [5.74, 6) is 1.71. The molecule has 0 N–H and O–H groups in total. The molecule has 160 valence electrons. The third-order valence-corrected chi connectivity index (χ3v) is 7.07. The molecule has 0 unspecified atom stereocenters. The van der Waals surface area contributed by atoms with Crippen molar-refractivity contribution in [1.29, 1.82) is 5.26 Å². The Bertz CT molecular complexity index is 989. The number of nitriles is 1. The third kappa shape index (κ3) is 3.97. The number of hydrogen-bond donors (Lipinski definition) is 0. The Labute approximate surface area is 184 Å². The van der Waals surface area contributed by atoms with Gasteiger partial charge in [0, 0.05) is 31.4 Å². The number of carbonyl (C=O) groups excluding carboxylic acids is 1.